The van der Waals surface area contributed by atoms with Crippen LogP contribution >= 0.6 is 0 Å². The summed E-state index contributed by atoms with van der Waals surface area (Å²) in [6.45, 7) is 6.77. The van der Waals surface area contributed by atoms with Crippen molar-refractivity contribution in [3.63, 3.8) is 0 Å². The average Bonchev–Trinajstić information content (AvgIpc) is 2.89. The van der Waals surface area contributed by atoms with Crippen molar-refractivity contribution in [2.45, 2.75) is 33.2 Å². The number of fused-ring (bicyclic) bond motifs is 1. The van der Waals surface area contributed by atoms with Crippen LogP contribution in [0, 0.1) is 23.0 Å². The van der Waals surface area contributed by atoms with Gasteiger partial charge in [-0.05, 0) is 36.6 Å². The molecule has 1 aliphatic rings. The van der Waals surface area contributed by atoms with Gasteiger partial charge in [-0.3, -0.25) is 14.9 Å². The second-order valence-electron chi connectivity index (χ2n) is 7.18. The number of nitro groups is 1. The van der Waals surface area contributed by atoms with E-state index in [9.17, 15) is 14.9 Å². The van der Waals surface area contributed by atoms with Gasteiger partial charge in [-0.25, -0.2) is 0 Å². The van der Waals surface area contributed by atoms with Gasteiger partial charge in [0.1, 0.15) is 5.56 Å². The summed E-state index contributed by atoms with van der Waals surface area (Å²) in [5.74, 6) is 0.930. The lowest BCUT2D eigenvalue weighted by molar-refractivity contribution is -0.385. The van der Waals surface area contributed by atoms with Crippen LogP contribution in [0.1, 0.15) is 47.8 Å². The molecule has 0 aromatic heterocycles. The lowest BCUT2D eigenvalue weighted by Gasteiger charge is -2.24. The van der Waals surface area contributed by atoms with Gasteiger partial charge in [0, 0.05) is 12.0 Å². The first-order valence-electron chi connectivity index (χ1n) is 9.33. The zero-order chi connectivity index (χ0) is 20.3. The largest absolute Gasteiger partial charge is 0.490 e. The third-order valence-electron chi connectivity index (χ3n) is 4.75. The Bertz CT molecular complexity index is 894. The maximum absolute atomic E-state index is 12.9. The van der Waals surface area contributed by atoms with Crippen molar-refractivity contribution in [1.29, 1.82) is 0 Å². The fourth-order valence-electron chi connectivity index (χ4n) is 3.31. The number of carbonyl (C=O) groups excluding carboxylic acids is 1. The molecule has 0 unspecified atom stereocenters. The molecule has 0 spiro atoms. The van der Waals surface area contributed by atoms with Gasteiger partial charge < -0.3 is 14.8 Å². The molecule has 1 amide bonds. The first kappa shape index (κ1) is 19.7. The number of carbonyl (C=O) groups is 1. The quantitative estimate of drug-likeness (QED) is 0.616. The van der Waals surface area contributed by atoms with Gasteiger partial charge in [-0.1, -0.05) is 32.0 Å². The average molecular weight is 384 g/mol. The molecule has 148 valence electrons. The lowest BCUT2D eigenvalue weighted by atomic mass is 9.95. The summed E-state index contributed by atoms with van der Waals surface area (Å²) in [5.41, 5.74) is 1.21. The number of benzene rings is 2. The van der Waals surface area contributed by atoms with E-state index in [1.807, 2.05) is 32.0 Å². The summed E-state index contributed by atoms with van der Waals surface area (Å²) >= 11 is 0. The zero-order valence-electron chi connectivity index (χ0n) is 16.2. The summed E-state index contributed by atoms with van der Waals surface area (Å²) in [6.07, 6.45) is 0.811. The molecular formula is C21H24N2O5. The van der Waals surface area contributed by atoms with Crippen molar-refractivity contribution >= 4 is 11.6 Å². The Morgan fingerprint density at radius 2 is 1.86 bits per heavy atom. The lowest BCUT2D eigenvalue weighted by Crippen LogP contribution is -2.32. The first-order chi connectivity index (χ1) is 13.4. The summed E-state index contributed by atoms with van der Waals surface area (Å²) in [7, 11) is 0. The fourth-order valence-corrected chi connectivity index (χ4v) is 3.31. The molecule has 0 saturated heterocycles. The van der Waals surface area contributed by atoms with Gasteiger partial charge >= 0.3 is 0 Å². The van der Waals surface area contributed by atoms with Crippen molar-refractivity contribution in [3.8, 4) is 11.5 Å². The highest BCUT2D eigenvalue weighted by atomic mass is 16.6. The van der Waals surface area contributed by atoms with Crippen molar-refractivity contribution < 1.29 is 19.2 Å². The van der Waals surface area contributed by atoms with E-state index in [0.717, 1.165) is 12.0 Å². The normalized spacial score (nSPS) is 14.3. The molecule has 2 aromatic carbocycles. The van der Waals surface area contributed by atoms with Crippen LogP contribution in [0.25, 0.3) is 0 Å². The van der Waals surface area contributed by atoms with E-state index < -0.39 is 10.8 Å². The van der Waals surface area contributed by atoms with Gasteiger partial charge in [0.15, 0.2) is 11.5 Å². The molecule has 2 aromatic rings. The van der Waals surface area contributed by atoms with Crippen LogP contribution in [0.15, 0.2) is 36.4 Å². The van der Waals surface area contributed by atoms with E-state index in [2.05, 4.69) is 5.32 Å². The van der Waals surface area contributed by atoms with E-state index in [0.29, 0.717) is 30.3 Å². The predicted octanol–water partition coefficient (Wildman–Crippen LogP) is 4.19. The third-order valence-corrected chi connectivity index (χ3v) is 4.75. The zero-order valence-corrected chi connectivity index (χ0v) is 16.2. The van der Waals surface area contributed by atoms with Gasteiger partial charge in [-0.15, -0.1) is 0 Å². The standard InChI is InChI=1S/C21H24N2O5/c1-13(2)19(15-8-9-17-18(12-15)28-11-5-10-27-17)22-21(24)16-7-4-6-14(3)20(16)23(25)26/h4,6-9,12-13,19H,5,10-11H2,1-3H3,(H,22,24)/t19-/m1/s1. The Labute approximate surface area is 163 Å². The van der Waals surface area contributed by atoms with Crippen molar-refractivity contribution in [2.24, 2.45) is 5.92 Å². The molecule has 1 atom stereocenters. The van der Waals surface area contributed by atoms with Gasteiger partial charge in [-0.2, -0.15) is 0 Å². The molecule has 7 nitrogen and oxygen atoms in total. The Kier molecular flexibility index (Phi) is 5.82. The van der Waals surface area contributed by atoms with Crippen LogP contribution in [-0.4, -0.2) is 24.0 Å². The van der Waals surface area contributed by atoms with E-state index in [1.165, 1.54) is 6.07 Å². The smallest absolute Gasteiger partial charge is 0.285 e. The molecule has 0 radical (unpaired) electrons. The number of nitrogens with one attached hydrogen (secondary N) is 1. The second kappa shape index (κ2) is 8.29. The summed E-state index contributed by atoms with van der Waals surface area (Å²) in [4.78, 5) is 23.8. The van der Waals surface area contributed by atoms with Crippen molar-refractivity contribution in [1.82, 2.24) is 5.32 Å². The monoisotopic (exact) mass is 384 g/mol. The Hall–Kier alpha value is -3.09. The number of amides is 1. The van der Waals surface area contributed by atoms with E-state index in [4.69, 9.17) is 9.47 Å². The maximum atomic E-state index is 12.9. The minimum atomic E-state index is -0.512. The molecule has 1 aliphatic heterocycles. The van der Waals surface area contributed by atoms with Gasteiger partial charge in [0.2, 0.25) is 0 Å². The number of aryl methyl sites for hydroxylation is 1. The van der Waals surface area contributed by atoms with Crippen molar-refractivity contribution in [2.75, 3.05) is 13.2 Å². The van der Waals surface area contributed by atoms with E-state index >= 15 is 0 Å². The minimum absolute atomic E-state index is 0.0602. The number of rotatable bonds is 5. The van der Waals surface area contributed by atoms with Crippen LogP contribution in [-0.2, 0) is 0 Å². The van der Waals surface area contributed by atoms with Crippen LogP contribution in [0.4, 0.5) is 5.69 Å². The molecule has 0 aliphatic carbocycles. The number of hydrogen-bond donors (Lipinski definition) is 1. The number of nitro benzene ring substituents is 1. The first-order valence-corrected chi connectivity index (χ1v) is 9.33. The Balaban J connectivity index is 1.91. The highest BCUT2D eigenvalue weighted by molar-refractivity contribution is 5.98. The van der Waals surface area contributed by atoms with Crippen LogP contribution in [0.2, 0.25) is 0 Å². The number of nitrogens with zero attached hydrogens (tertiary/aromatic N) is 1. The fraction of sp³-hybridized carbons (Fsp3) is 0.381. The number of hydrogen-bond acceptors (Lipinski definition) is 5. The summed E-state index contributed by atoms with van der Waals surface area (Å²) in [5, 5.41) is 14.4. The molecule has 3 rings (SSSR count). The maximum Gasteiger partial charge on any atom is 0.285 e. The minimum Gasteiger partial charge on any atom is -0.490 e. The van der Waals surface area contributed by atoms with Crippen LogP contribution < -0.4 is 14.8 Å². The highest BCUT2D eigenvalue weighted by Crippen LogP contribution is 2.34. The summed E-state index contributed by atoms with van der Waals surface area (Å²) in [6, 6.07) is 10.0. The summed E-state index contributed by atoms with van der Waals surface area (Å²) < 4.78 is 11.4. The molecule has 7 heteroatoms. The Morgan fingerprint density at radius 1 is 1.14 bits per heavy atom. The van der Waals surface area contributed by atoms with E-state index in [1.54, 1.807) is 19.1 Å². The van der Waals surface area contributed by atoms with Gasteiger partial charge in [0.25, 0.3) is 11.6 Å². The third kappa shape index (κ3) is 4.08. The van der Waals surface area contributed by atoms with Crippen LogP contribution in [0.3, 0.4) is 0 Å². The second-order valence-corrected chi connectivity index (χ2v) is 7.18. The molecule has 0 bridgehead atoms. The van der Waals surface area contributed by atoms with Crippen LogP contribution in [0.5, 0.6) is 11.5 Å². The number of ether oxygens (including phenoxy) is 2. The topological polar surface area (TPSA) is 90.7 Å². The molecule has 0 saturated carbocycles. The van der Waals surface area contributed by atoms with Crippen molar-refractivity contribution in [3.05, 3.63) is 63.2 Å². The molecule has 28 heavy (non-hydrogen) atoms. The SMILES string of the molecule is Cc1cccc(C(=O)N[C@@H](c2ccc3c(c2)OCCCO3)C(C)C)c1[N+](=O)[O-]. The van der Waals surface area contributed by atoms with Gasteiger partial charge in [0.05, 0.1) is 24.2 Å². The predicted molar refractivity (Wildman–Crippen MR) is 105 cm³/mol. The number of para-hydroxylation sites is 1. The highest BCUT2D eigenvalue weighted by Gasteiger charge is 2.26. The van der Waals surface area contributed by atoms with E-state index in [-0.39, 0.29) is 23.2 Å². The molecule has 0 fully saturated rings. The molecular weight excluding hydrogens is 360 g/mol. The Morgan fingerprint density at radius 3 is 2.54 bits per heavy atom. The molecule has 1 N–H and O–H groups in total. The molecule has 1 heterocycles.